The quantitative estimate of drug-likeness (QED) is 0.772. The molecule has 0 unspecified atom stereocenters. The minimum Gasteiger partial charge on any atom is -0.392 e. The molecule has 0 spiro atoms. The van der Waals surface area contributed by atoms with Gasteiger partial charge in [0.2, 0.25) is 0 Å². The lowest BCUT2D eigenvalue weighted by atomic mass is 10.1. The molecular formula is C11H10OS. The van der Waals surface area contributed by atoms with Crippen molar-refractivity contribution in [2.75, 3.05) is 0 Å². The summed E-state index contributed by atoms with van der Waals surface area (Å²) in [6.07, 6.45) is 0. The van der Waals surface area contributed by atoms with Crippen LogP contribution in [0.15, 0.2) is 41.1 Å². The summed E-state index contributed by atoms with van der Waals surface area (Å²) in [6, 6.07) is 10.1. The molecule has 0 aliphatic rings. The van der Waals surface area contributed by atoms with Crippen LogP contribution in [0.1, 0.15) is 5.56 Å². The molecule has 2 heteroatoms. The highest BCUT2D eigenvalue weighted by atomic mass is 32.1. The summed E-state index contributed by atoms with van der Waals surface area (Å²) >= 11 is 1.69. The van der Waals surface area contributed by atoms with Crippen molar-refractivity contribution in [2.24, 2.45) is 0 Å². The summed E-state index contributed by atoms with van der Waals surface area (Å²) in [6.45, 7) is 0.109. The molecule has 0 aliphatic carbocycles. The van der Waals surface area contributed by atoms with Crippen molar-refractivity contribution < 1.29 is 5.11 Å². The third-order valence-corrected chi connectivity index (χ3v) is 2.65. The van der Waals surface area contributed by atoms with E-state index in [2.05, 4.69) is 22.9 Å². The second-order valence-corrected chi connectivity index (χ2v) is 3.65. The van der Waals surface area contributed by atoms with E-state index in [0.717, 1.165) is 5.56 Å². The molecule has 13 heavy (non-hydrogen) atoms. The minimum atomic E-state index is 0.109. The van der Waals surface area contributed by atoms with Crippen molar-refractivity contribution in [3.8, 4) is 11.1 Å². The van der Waals surface area contributed by atoms with E-state index in [-0.39, 0.29) is 6.61 Å². The van der Waals surface area contributed by atoms with Gasteiger partial charge in [-0.3, -0.25) is 0 Å². The van der Waals surface area contributed by atoms with Gasteiger partial charge in [-0.15, -0.1) is 0 Å². The van der Waals surface area contributed by atoms with Crippen LogP contribution in [-0.2, 0) is 6.61 Å². The Morgan fingerprint density at radius 1 is 1.15 bits per heavy atom. The summed E-state index contributed by atoms with van der Waals surface area (Å²) in [5.41, 5.74) is 3.36. The second kappa shape index (κ2) is 3.73. The van der Waals surface area contributed by atoms with Gasteiger partial charge in [0, 0.05) is 0 Å². The smallest absolute Gasteiger partial charge is 0.0682 e. The van der Waals surface area contributed by atoms with Crippen molar-refractivity contribution in [2.45, 2.75) is 6.61 Å². The first kappa shape index (κ1) is 8.48. The van der Waals surface area contributed by atoms with E-state index in [4.69, 9.17) is 5.11 Å². The van der Waals surface area contributed by atoms with Crippen LogP contribution < -0.4 is 0 Å². The Morgan fingerprint density at radius 2 is 2.08 bits per heavy atom. The van der Waals surface area contributed by atoms with Gasteiger partial charge in [0.15, 0.2) is 0 Å². The van der Waals surface area contributed by atoms with E-state index >= 15 is 0 Å². The van der Waals surface area contributed by atoms with Gasteiger partial charge in [0.05, 0.1) is 6.61 Å². The van der Waals surface area contributed by atoms with Gasteiger partial charge in [-0.1, -0.05) is 18.2 Å². The highest BCUT2D eigenvalue weighted by Gasteiger charge is 1.97. The third-order valence-electron chi connectivity index (χ3n) is 1.96. The highest BCUT2D eigenvalue weighted by Crippen LogP contribution is 2.22. The largest absolute Gasteiger partial charge is 0.392 e. The molecule has 1 aromatic carbocycles. The van der Waals surface area contributed by atoms with Gasteiger partial charge in [-0.25, -0.2) is 0 Å². The number of aliphatic hydroxyl groups is 1. The molecule has 0 bridgehead atoms. The van der Waals surface area contributed by atoms with Crippen LogP contribution in [0.3, 0.4) is 0 Å². The van der Waals surface area contributed by atoms with Crippen LogP contribution in [-0.4, -0.2) is 5.11 Å². The summed E-state index contributed by atoms with van der Waals surface area (Å²) in [4.78, 5) is 0. The molecule has 2 rings (SSSR count). The number of aliphatic hydroxyl groups excluding tert-OH is 1. The van der Waals surface area contributed by atoms with Gasteiger partial charge in [0.25, 0.3) is 0 Å². The first-order valence-corrected chi connectivity index (χ1v) is 5.07. The Bertz CT molecular complexity index is 379. The maximum atomic E-state index is 8.96. The Morgan fingerprint density at radius 3 is 2.77 bits per heavy atom. The van der Waals surface area contributed by atoms with Crippen LogP contribution in [0, 0.1) is 0 Å². The van der Waals surface area contributed by atoms with Crippen LogP contribution in [0.25, 0.3) is 11.1 Å². The standard InChI is InChI=1S/C11H10OS/c12-7-9-2-1-3-10(6-9)11-4-5-13-8-11/h1-6,8,12H,7H2. The van der Waals surface area contributed by atoms with Gasteiger partial charge in [-0.05, 0) is 39.6 Å². The van der Waals surface area contributed by atoms with Crippen LogP contribution in [0.2, 0.25) is 0 Å². The predicted octanol–water partition coefficient (Wildman–Crippen LogP) is 2.91. The SMILES string of the molecule is OCc1cccc(-c2ccsc2)c1. The van der Waals surface area contributed by atoms with E-state index in [9.17, 15) is 0 Å². The summed E-state index contributed by atoms with van der Waals surface area (Å²) < 4.78 is 0. The zero-order chi connectivity index (χ0) is 9.10. The molecule has 1 nitrogen and oxygen atoms in total. The first-order valence-electron chi connectivity index (χ1n) is 4.12. The summed E-state index contributed by atoms with van der Waals surface area (Å²) in [5.74, 6) is 0. The maximum Gasteiger partial charge on any atom is 0.0682 e. The number of benzene rings is 1. The molecule has 0 saturated carbocycles. The van der Waals surface area contributed by atoms with Gasteiger partial charge in [0.1, 0.15) is 0 Å². The first-order chi connectivity index (χ1) is 6.40. The van der Waals surface area contributed by atoms with Gasteiger partial charge in [-0.2, -0.15) is 11.3 Å². The number of hydrogen-bond donors (Lipinski definition) is 1. The maximum absolute atomic E-state index is 8.96. The Labute approximate surface area is 81.3 Å². The monoisotopic (exact) mass is 190 g/mol. The van der Waals surface area contributed by atoms with E-state index in [0.29, 0.717) is 0 Å². The molecule has 66 valence electrons. The molecule has 0 amide bonds. The molecular weight excluding hydrogens is 180 g/mol. The zero-order valence-electron chi connectivity index (χ0n) is 7.10. The van der Waals surface area contributed by atoms with E-state index in [1.54, 1.807) is 11.3 Å². The predicted molar refractivity (Wildman–Crippen MR) is 55.7 cm³/mol. The highest BCUT2D eigenvalue weighted by molar-refractivity contribution is 7.08. The van der Waals surface area contributed by atoms with Crippen LogP contribution >= 0.6 is 11.3 Å². The van der Waals surface area contributed by atoms with Crippen LogP contribution in [0.4, 0.5) is 0 Å². The molecule has 0 fully saturated rings. The lowest BCUT2D eigenvalue weighted by Crippen LogP contribution is -1.82. The topological polar surface area (TPSA) is 20.2 Å². The fourth-order valence-corrected chi connectivity index (χ4v) is 1.94. The van der Waals surface area contributed by atoms with Crippen molar-refractivity contribution in [3.05, 3.63) is 46.7 Å². The fraction of sp³-hybridized carbons (Fsp3) is 0.0909. The average molecular weight is 190 g/mol. The number of thiophene rings is 1. The van der Waals surface area contributed by atoms with Crippen molar-refractivity contribution in [1.29, 1.82) is 0 Å². The molecule has 0 saturated heterocycles. The summed E-state index contributed by atoms with van der Waals surface area (Å²) in [5, 5.41) is 13.1. The normalized spacial score (nSPS) is 10.2. The Hall–Kier alpha value is -1.12. The molecule has 0 atom stereocenters. The second-order valence-electron chi connectivity index (χ2n) is 2.87. The average Bonchev–Trinajstić information content (AvgIpc) is 2.71. The Kier molecular flexibility index (Phi) is 2.43. The van der Waals surface area contributed by atoms with E-state index < -0.39 is 0 Å². The lowest BCUT2D eigenvalue weighted by molar-refractivity contribution is 0.282. The third kappa shape index (κ3) is 1.79. The molecule has 2 aromatic rings. The van der Waals surface area contributed by atoms with Crippen molar-refractivity contribution in [1.82, 2.24) is 0 Å². The van der Waals surface area contributed by atoms with E-state index in [1.807, 2.05) is 18.2 Å². The molecule has 1 heterocycles. The zero-order valence-corrected chi connectivity index (χ0v) is 7.92. The van der Waals surface area contributed by atoms with E-state index in [1.165, 1.54) is 11.1 Å². The van der Waals surface area contributed by atoms with Gasteiger partial charge < -0.3 is 5.11 Å². The number of rotatable bonds is 2. The minimum absolute atomic E-state index is 0.109. The van der Waals surface area contributed by atoms with Crippen molar-refractivity contribution in [3.63, 3.8) is 0 Å². The number of hydrogen-bond acceptors (Lipinski definition) is 2. The molecule has 0 aliphatic heterocycles. The van der Waals surface area contributed by atoms with Crippen molar-refractivity contribution >= 4 is 11.3 Å². The lowest BCUT2D eigenvalue weighted by Gasteiger charge is -2.00. The molecule has 1 N–H and O–H groups in total. The molecule has 1 aromatic heterocycles. The van der Waals surface area contributed by atoms with Gasteiger partial charge >= 0.3 is 0 Å². The molecule has 0 radical (unpaired) electrons. The fourth-order valence-electron chi connectivity index (χ4n) is 1.28. The summed E-state index contributed by atoms with van der Waals surface area (Å²) in [7, 11) is 0. The Balaban J connectivity index is 2.41. The van der Waals surface area contributed by atoms with Crippen LogP contribution in [0.5, 0.6) is 0 Å².